The third kappa shape index (κ3) is 4.57. The smallest absolute Gasteiger partial charge is 0.265 e. The number of hydrogen-bond donors (Lipinski definition) is 1. The van der Waals surface area contributed by atoms with Gasteiger partial charge < -0.3 is 10.1 Å². The highest BCUT2D eigenvalue weighted by atomic mass is 35.5. The number of halogens is 1. The van der Waals surface area contributed by atoms with Gasteiger partial charge in [0.25, 0.3) is 5.56 Å². The molecule has 2 aromatic carbocycles. The van der Waals surface area contributed by atoms with Crippen LogP contribution in [-0.4, -0.2) is 37.3 Å². The predicted octanol–water partition coefficient (Wildman–Crippen LogP) is 6.80. The van der Waals surface area contributed by atoms with Gasteiger partial charge in [-0.1, -0.05) is 41.9 Å². The average Bonchev–Trinajstić information content (AvgIpc) is 3.58. The number of benzene rings is 2. The van der Waals surface area contributed by atoms with Gasteiger partial charge in [-0.05, 0) is 56.2 Å². The van der Waals surface area contributed by atoms with Gasteiger partial charge in [0.05, 0.1) is 28.7 Å². The van der Waals surface area contributed by atoms with Crippen LogP contribution in [0.1, 0.15) is 37.9 Å². The van der Waals surface area contributed by atoms with E-state index >= 15 is 0 Å². The molecule has 0 saturated heterocycles. The molecule has 1 N–H and O–H groups in total. The van der Waals surface area contributed by atoms with Crippen molar-refractivity contribution in [1.82, 2.24) is 24.1 Å². The molecule has 9 nitrogen and oxygen atoms in total. The largest absolute Gasteiger partial charge is 0.490 e. The van der Waals surface area contributed by atoms with Gasteiger partial charge in [-0.25, -0.2) is 14.6 Å². The van der Waals surface area contributed by atoms with Crippen LogP contribution in [0, 0.1) is 11.3 Å². The van der Waals surface area contributed by atoms with Crippen LogP contribution in [0.2, 0.25) is 5.15 Å². The summed E-state index contributed by atoms with van der Waals surface area (Å²) < 4.78 is 9.18. The lowest BCUT2D eigenvalue weighted by Crippen LogP contribution is -2.20. The zero-order valence-electron chi connectivity index (χ0n) is 23.3. The minimum Gasteiger partial charge on any atom is -0.490 e. The Labute approximate surface area is 250 Å². The van der Waals surface area contributed by atoms with Crippen molar-refractivity contribution >= 4 is 44.6 Å². The molecule has 0 aliphatic rings. The second kappa shape index (κ2) is 10.9. The molecule has 0 fully saturated rings. The molecule has 0 bridgehead atoms. The highest BCUT2D eigenvalue weighted by Gasteiger charge is 2.26. The Kier molecular flexibility index (Phi) is 7.14. The SMILES string of the molecule is CNc1ncnc2c1c(-c1ccc(OC(C)C)c(C#N)c1)nn2[C@@H](C)c1cc2scc(Cl)n2c(=O)c1-c1ccccc1. The minimum absolute atomic E-state index is 0.0772. The normalized spacial score (nSPS) is 12.1. The molecule has 210 valence electrons. The molecule has 11 heteroatoms. The molecule has 0 amide bonds. The van der Waals surface area contributed by atoms with E-state index in [4.69, 9.17) is 21.4 Å². The molecule has 0 aliphatic carbocycles. The fraction of sp³-hybridized carbons (Fsp3) is 0.194. The summed E-state index contributed by atoms with van der Waals surface area (Å²) in [5.74, 6) is 1.10. The maximum Gasteiger partial charge on any atom is 0.265 e. The van der Waals surface area contributed by atoms with Crippen LogP contribution in [0.3, 0.4) is 0 Å². The molecule has 0 aliphatic heterocycles. The number of pyridine rings is 1. The summed E-state index contributed by atoms with van der Waals surface area (Å²) in [7, 11) is 1.79. The fourth-order valence-electron chi connectivity index (χ4n) is 5.17. The van der Waals surface area contributed by atoms with Crippen LogP contribution in [-0.2, 0) is 0 Å². The van der Waals surface area contributed by atoms with Gasteiger partial charge in [-0.3, -0.25) is 9.20 Å². The van der Waals surface area contributed by atoms with Crippen molar-refractivity contribution in [1.29, 1.82) is 5.26 Å². The van der Waals surface area contributed by atoms with Crippen LogP contribution >= 0.6 is 22.9 Å². The first kappa shape index (κ1) is 27.4. The third-order valence-corrected chi connectivity index (χ3v) is 8.33. The maximum atomic E-state index is 13.9. The third-order valence-electron chi connectivity index (χ3n) is 7.04. The molecule has 0 unspecified atom stereocenters. The van der Waals surface area contributed by atoms with Crippen molar-refractivity contribution in [3.8, 4) is 34.2 Å². The van der Waals surface area contributed by atoms with Crippen molar-refractivity contribution in [3.05, 3.63) is 92.9 Å². The van der Waals surface area contributed by atoms with Crippen molar-refractivity contribution in [2.45, 2.75) is 32.9 Å². The summed E-state index contributed by atoms with van der Waals surface area (Å²) in [6, 6.07) is 18.8. The summed E-state index contributed by atoms with van der Waals surface area (Å²) in [5, 5.41) is 20.9. The first-order valence-corrected chi connectivity index (χ1v) is 14.6. The highest BCUT2D eigenvalue weighted by Crippen LogP contribution is 2.38. The minimum atomic E-state index is -0.409. The monoisotopic (exact) mass is 595 g/mol. The van der Waals surface area contributed by atoms with E-state index in [1.807, 2.05) is 67.9 Å². The number of hydrogen-bond acceptors (Lipinski definition) is 8. The van der Waals surface area contributed by atoms with E-state index < -0.39 is 6.04 Å². The van der Waals surface area contributed by atoms with E-state index in [9.17, 15) is 10.1 Å². The molecule has 6 aromatic rings. The van der Waals surface area contributed by atoms with Crippen molar-refractivity contribution in [2.24, 2.45) is 0 Å². The van der Waals surface area contributed by atoms with E-state index in [1.165, 1.54) is 22.1 Å². The van der Waals surface area contributed by atoms with Gasteiger partial charge in [0, 0.05) is 18.0 Å². The van der Waals surface area contributed by atoms with E-state index in [1.54, 1.807) is 24.6 Å². The van der Waals surface area contributed by atoms with Gasteiger partial charge in [-0.2, -0.15) is 10.4 Å². The highest BCUT2D eigenvalue weighted by molar-refractivity contribution is 7.16. The molecule has 0 saturated carbocycles. The standard InChI is InChI=1S/C31H26ClN7O2S/c1-17(2)41-23-11-10-20(12-21(23)14-33)28-27-29(34-4)35-16-36-30(27)39(37-28)18(3)22-13-25-38(24(32)15-42-25)31(40)26(22)19-8-6-5-7-9-19/h5-13,15-18H,1-4H3,(H,34,35,36)/t18-/m0/s1. The quantitative estimate of drug-likeness (QED) is 0.216. The molecular formula is C31H26ClN7O2S. The zero-order valence-corrected chi connectivity index (χ0v) is 24.9. The maximum absolute atomic E-state index is 13.9. The number of ether oxygens (including phenoxy) is 1. The number of fused-ring (bicyclic) bond motifs is 2. The Hall–Kier alpha value is -4.72. The van der Waals surface area contributed by atoms with Gasteiger partial charge in [0.2, 0.25) is 0 Å². The first-order valence-electron chi connectivity index (χ1n) is 13.3. The summed E-state index contributed by atoms with van der Waals surface area (Å²) in [5.41, 5.74) is 4.21. The number of anilines is 1. The summed E-state index contributed by atoms with van der Waals surface area (Å²) >= 11 is 7.84. The number of nitrogens with one attached hydrogen (secondary N) is 1. The predicted molar refractivity (Wildman–Crippen MR) is 167 cm³/mol. The molecule has 1 atom stereocenters. The Morgan fingerprint density at radius 1 is 1.07 bits per heavy atom. The van der Waals surface area contributed by atoms with Crippen molar-refractivity contribution in [2.75, 3.05) is 12.4 Å². The topological polar surface area (TPSA) is 110 Å². The van der Waals surface area contributed by atoms with Gasteiger partial charge >= 0.3 is 0 Å². The molecular weight excluding hydrogens is 570 g/mol. The summed E-state index contributed by atoms with van der Waals surface area (Å²) in [6.45, 7) is 5.82. The second-order valence-corrected chi connectivity index (χ2v) is 11.3. The molecule has 0 radical (unpaired) electrons. The number of aromatic nitrogens is 5. The van der Waals surface area contributed by atoms with Crippen LogP contribution in [0.25, 0.3) is 38.2 Å². The van der Waals surface area contributed by atoms with Crippen LogP contribution < -0.4 is 15.6 Å². The van der Waals surface area contributed by atoms with E-state index in [-0.39, 0.29) is 11.7 Å². The van der Waals surface area contributed by atoms with Gasteiger partial charge in [0.1, 0.15) is 39.6 Å². The second-order valence-electron chi connectivity index (χ2n) is 10.0. The Morgan fingerprint density at radius 3 is 2.57 bits per heavy atom. The number of rotatable bonds is 7. The van der Waals surface area contributed by atoms with E-state index in [0.29, 0.717) is 50.1 Å². The molecule has 0 spiro atoms. The fourth-order valence-corrected chi connectivity index (χ4v) is 6.32. The summed E-state index contributed by atoms with van der Waals surface area (Å²) in [6.07, 6.45) is 1.41. The lowest BCUT2D eigenvalue weighted by atomic mass is 9.97. The molecule has 4 aromatic heterocycles. The van der Waals surface area contributed by atoms with E-state index in [0.717, 1.165) is 16.0 Å². The number of nitriles is 1. The summed E-state index contributed by atoms with van der Waals surface area (Å²) in [4.78, 5) is 23.7. The molecule has 42 heavy (non-hydrogen) atoms. The average molecular weight is 596 g/mol. The van der Waals surface area contributed by atoms with E-state index in [2.05, 4.69) is 21.4 Å². The van der Waals surface area contributed by atoms with Crippen LogP contribution in [0.15, 0.2) is 71.1 Å². The van der Waals surface area contributed by atoms with Gasteiger partial charge in [-0.15, -0.1) is 11.3 Å². The lowest BCUT2D eigenvalue weighted by Gasteiger charge is -2.18. The zero-order chi connectivity index (χ0) is 29.5. The number of nitrogens with zero attached hydrogens (tertiary/aromatic N) is 6. The first-order chi connectivity index (χ1) is 20.3. The van der Waals surface area contributed by atoms with Crippen LogP contribution in [0.5, 0.6) is 5.75 Å². The van der Waals surface area contributed by atoms with Crippen molar-refractivity contribution in [3.63, 3.8) is 0 Å². The Balaban J connectivity index is 1.60. The van der Waals surface area contributed by atoms with Crippen molar-refractivity contribution < 1.29 is 4.74 Å². The molecule has 6 rings (SSSR count). The number of thiazole rings is 1. The molecule has 4 heterocycles. The Bertz CT molecular complexity index is 2060. The Morgan fingerprint density at radius 2 is 1.86 bits per heavy atom. The lowest BCUT2D eigenvalue weighted by molar-refractivity contribution is 0.242. The van der Waals surface area contributed by atoms with Crippen LogP contribution in [0.4, 0.5) is 5.82 Å². The van der Waals surface area contributed by atoms with Gasteiger partial charge in [0.15, 0.2) is 5.65 Å².